The van der Waals surface area contributed by atoms with Crippen molar-refractivity contribution in [2.75, 3.05) is 26.0 Å². The molecule has 1 aromatic carbocycles. The Hall–Kier alpha value is -1.75. The van der Waals surface area contributed by atoms with Crippen molar-refractivity contribution >= 4 is 23.6 Å². The molecule has 5 nitrogen and oxygen atoms in total. The van der Waals surface area contributed by atoms with Gasteiger partial charge in [-0.2, -0.15) is 0 Å². The standard InChI is InChI=1S/C16H21ClN2O3/c1-18(15(20)10-17)11-14-8-5-9-19(14)16(21)22-12-13-6-3-2-4-7-13/h2-4,6-7,14H,5,8-12H2,1H3/t14-/m0/s1. The Morgan fingerprint density at radius 3 is 2.77 bits per heavy atom. The van der Waals surface area contributed by atoms with E-state index in [-0.39, 0.29) is 30.5 Å². The lowest BCUT2D eigenvalue weighted by Gasteiger charge is -2.28. The summed E-state index contributed by atoms with van der Waals surface area (Å²) in [6.07, 6.45) is 1.48. The number of hydrogen-bond donors (Lipinski definition) is 0. The predicted octanol–water partition coefficient (Wildman–Crippen LogP) is 2.48. The number of carbonyl (C=O) groups is 2. The maximum absolute atomic E-state index is 12.2. The van der Waals surface area contributed by atoms with Gasteiger partial charge in [-0.15, -0.1) is 11.6 Å². The zero-order chi connectivity index (χ0) is 15.9. The molecule has 0 unspecified atom stereocenters. The van der Waals surface area contributed by atoms with E-state index in [9.17, 15) is 9.59 Å². The van der Waals surface area contributed by atoms with Gasteiger partial charge in [-0.25, -0.2) is 4.79 Å². The van der Waals surface area contributed by atoms with E-state index in [4.69, 9.17) is 16.3 Å². The van der Waals surface area contributed by atoms with Crippen molar-refractivity contribution in [3.63, 3.8) is 0 Å². The van der Waals surface area contributed by atoms with E-state index < -0.39 is 0 Å². The SMILES string of the molecule is CN(C[C@@H]1CCCN1C(=O)OCc1ccccc1)C(=O)CCl. The van der Waals surface area contributed by atoms with E-state index in [1.54, 1.807) is 16.8 Å². The fourth-order valence-electron chi connectivity index (χ4n) is 2.59. The Morgan fingerprint density at radius 2 is 2.09 bits per heavy atom. The van der Waals surface area contributed by atoms with Gasteiger partial charge >= 0.3 is 6.09 Å². The first-order valence-electron chi connectivity index (χ1n) is 7.39. The third-order valence-electron chi connectivity index (χ3n) is 3.84. The molecule has 1 aliphatic heterocycles. The fraction of sp³-hybridized carbons (Fsp3) is 0.500. The van der Waals surface area contributed by atoms with Crippen molar-refractivity contribution in [1.29, 1.82) is 0 Å². The Morgan fingerprint density at radius 1 is 1.36 bits per heavy atom. The largest absolute Gasteiger partial charge is 0.445 e. The molecular weight excluding hydrogens is 304 g/mol. The lowest BCUT2D eigenvalue weighted by molar-refractivity contribution is -0.127. The molecular formula is C16H21ClN2O3. The van der Waals surface area contributed by atoms with Gasteiger partial charge in [-0.05, 0) is 18.4 Å². The van der Waals surface area contributed by atoms with Gasteiger partial charge in [0.2, 0.25) is 5.91 Å². The fourth-order valence-corrected chi connectivity index (χ4v) is 2.79. The van der Waals surface area contributed by atoms with E-state index in [1.165, 1.54) is 0 Å². The third-order valence-corrected chi connectivity index (χ3v) is 4.07. The maximum Gasteiger partial charge on any atom is 0.410 e. The van der Waals surface area contributed by atoms with Gasteiger partial charge in [-0.1, -0.05) is 30.3 Å². The van der Waals surface area contributed by atoms with E-state index in [0.717, 1.165) is 18.4 Å². The van der Waals surface area contributed by atoms with Gasteiger partial charge in [0.1, 0.15) is 12.5 Å². The normalized spacial score (nSPS) is 17.4. The number of hydrogen-bond acceptors (Lipinski definition) is 3. The van der Waals surface area contributed by atoms with Crippen LogP contribution < -0.4 is 0 Å². The molecule has 0 saturated carbocycles. The number of amides is 2. The highest BCUT2D eigenvalue weighted by atomic mass is 35.5. The zero-order valence-corrected chi connectivity index (χ0v) is 13.5. The smallest absolute Gasteiger partial charge is 0.410 e. The number of carbonyl (C=O) groups excluding carboxylic acids is 2. The molecule has 1 fully saturated rings. The molecule has 0 radical (unpaired) electrons. The first kappa shape index (κ1) is 16.6. The highest BCUT2D eigenvalue weighted by Gasteiger charge is 2.31. The van der Waals surface area contributed by atoms with Crippen LogP contribution in [0.25, 0.3) is 0 Å². The van der Waals surface area contributed by atoms with Crippen LogP contribution in [0.3, 0.4) is 0 Å². The van der Waals surface area contributed by atoms with E-state index in [2.05, 4.69) is 0 Å². The Labute approximate surface area is 135 Å². The molecule has 1 saturated heterocycles. The van der Waals surface area contributed by atoms with Crippen LogP contribution in [0, 0.1) is 0 Å². The molecule has 120 valence electrons. The Balaban J connectivity index is 1.86. The van der Waals surface area contributed by atoms with Crippen molar-refractivity contribution in [1.82, 2.24) is 9.80 Å². The zero-order valence-electron chi connectivity index (χ0n) is 12.7. The topological polar surface area (TPSA) is 49.9 Å². The summed E-state index contributed by atoms with van der Waals surface area (Å²) in [5.74, 6) is -0.173. The molecule has 22 heavy (non-hydrogen) atoms. The van der Waals surface area contributed by atoms with Crippen LogP contribution in [0.2, 0.25) is 0 Å². The first-order chi connectivity index (χ1) is 10.6. The van der Waals surface area contributed by atoms with Crippen molar-refractivity contribution < 1.29 is 14.3 Å². The van der Waals surface area contributed by atoms with Crippen LogP contribution >= 0.6 is 11.6 Å². The number of ether oxygens (including phenoxy) is 1. The average Bonchev–Trinajstić information content (AvgIpc) is 3.00. The van der Waals surface area contributed by atoms with Gasteiger partial charge in [0, 0.05) is 20.1 Å². The van der Waals surface area contributed by atoms with E-state index in [1.807, 2.05) is 30.3 Å². The van der Waals surface area contributed by atoms with Crippen molar-refractivity contribution in [3.05, 3.63) is 35.9 Å². The number of benzene rings is 1. The summed E-state index contributed by atoms with van der Waals surface area (Å²) in [7, 11) is 1.70. The van der Waals surface area contributed by atoms with Crippen LogP contribution in [0.5, 0.6) is 0 Å². The minimum absolute atomic E-state index is 0.000407. The van der Waals surface area contributed by atoms with E-state index >= 15 is 0 Å². The molecule has 1 heterocycles. The number of likely N-dealkylation sites (tertiary alicyclic amines) is 1. The van der Waals surface area contributed by atoms with E-state index in [0.29, 0.717) is 13.1 Å². The highest BCUT2D eigenvalue weighted by molar-refractivity contribution is 6.27. The van der Waals surface area contributed by atoms with Crippen molar-refractivity contribution in [2.24, 2.45) is 0 Å². The quantitative estimate of drug-likeness (QED) is 0.782. The molecule has 0 N–H and O–H groups in total. The lowest BCUT2D eigenvalue weighted by atomic mass is 10.2. The molecule has 0 aromatic heterocycles. The number of rotatable bonds is 5. The number of likely N-dealkylation sites (N-methyl/N-ethyl adjacent to an activating group) is 1. The molecule has 0 spiro atoms. The minimum Gasteiger partial charge on any atom is -0.445 e. The van der Waals surface area contributed by atoms with Crippen molar-refractivity contribution in [2.45, 2.75) is 25.5 Å². The number of nitrogens with zero attached hydrogens (tertiary/aromatic N) is 2. The molecule has 1 atom stereocenters. The predicted molar refractivity (Wildman–Crippen MR) is 84.7 cm³/mol. The molecule has 1 aromatic rings. The third kappa shape index (κ3) is 4.37. The van der Waals surface area contributed by atoms with Gasteiger partial charge in [0.25, 0.3) is 0 Å². The lowest BCUT2D eigenvalue weighted by Crippen LogP contribution is -2.44. The summed E-state index contributed by atoms with van der Waals surface area (Å²) in [6, 6.07) is 9.58. The average molecular weight is 325 g/mol. The maximum atomic E-state index is 12.2. The minimum atomic E-state index is -0.321. The second-order valence-corrected chi connectivity index (χ2v) is 5.70. The molecule has 0 aliphatic carbocycles. The molecule has 2 rings (SSSR count). The number of alkyl halides is 1. The summed E-state index contributed by atoms with van der Waals surface area (Å²) < 4.78 is 5.37. The van der Waals surface area contributed by atoms with Crippen LogP contribution in [0.15, 0.2) is 30.3 Å². The molecule has 1 aliphatic rings. The molecule has 0 bridgehead atoms. The Bertz CT molecular complexity index is 509. The second kappa shape index (κ2) is 8.03. The summed E-state index contributed by atoms with van der Waals surface area (Å²) in [6.45, 7) is 1.42. The van der Waals surface area contributed by atoms with Gasteiger partial charge in [0.05, 0.1) is 6.04 Å². The van der Waals surface area contributed by atoms with Crippen LogP contribution in [0.1, 0.15) is 18.4 Å². The second-order valence-electron chi connectivity index (χ2n) is 5.44. The number of halogens is 1. The van der Waals surface area contributed by atoms with Crippen LogP contribution in [-0.2, 0) is 16.1 Å². The summed E-state index contributed by atoms with van der Waals surface area (Å²) in [5, 5.41) is 0. The summed E-state index contributed by atoms with van der Waals surface area (Å²) in [5.41, 5.74) is 0.959. The molecule has 2 amide bonds. The van der Waals surface area contributed by atoms with Crippen LogP contribution in [-0.4, -0.2) is 53.9 Å². The van der Waals surface area contributed by atoms with Gasteiger partial charge < -0.3 is 14.5 Å². The Kier molecular flexibility index (Phi) is 6.07. The highest BCUT2D eigenvalue weighted by Crippen LogP contribution is 2.19. The monoisotopic (exact) mass is 324 g/mol. The van der Waals surface area contributed by atoms with Crippen LogP contribution in [0.4, 0.5) is 4.79 Å². The van der Waals surface area contributed by atoms with Gasteiger partial charge in [-0.3, -0.25) is 4.79 Å². The summed E-state index contributed by atoms with van der Waals surface area (Å²) in [4.78, 5) is 27.0. The molecule has 6 heteroatoms. The first-order valence-corrected chi connectivity index (χ1v) is 7.92. The van der Waals surface area contributed by atoms with Gasteiger partial charge in [0.15, 0.2) is 0 Å². The van der Waals surface area contributed by atoms with Crippen molar-refractivity contribution in [3.8, 4) is 0 Å². The summed E-state index contributed by atoms with van der Waals surface area (Å²) >= 11 is 5.55.